The summed E-state index contributed by atoms with van der Waals surface area (Å²) in [5.41, 5.74) is 5.19. The number of carbonyl (C=O) groups is 2. The Bertz CT molecular complexity index is 1460. The number of anilines is 3. The number of rotatable bonds is 6. The summed E-state index contributed by atoms with van der Waals surface area (Å²) in [6.45, 7) is 0. The standard InChI is InChI=1S/C28H24FN5O2/c29-19-8-6-17(7-9-19)14-23(35)33-22-15-18(10-13-30-22)25-26(31-20-4-2-1-3-5-20)24-21(32-25)16-28(11-12-28)34-27(24)36/h1-10,13,15,31-32H,11-12,14,16H2,(H,34,36)(H,30,33,35). The molecule has 1 spiro atoms. The smallest absolute Gasteiger partial charge is 0.255 e. The van der Waals surface area contributed by atoms with Crippen molar-refractivity contribution in [3.05, 3.63) is 95.6 Å². The Balaban J connectivity index is 1.32. The maximum absolute atomic E-state index is 13.2. The SMILES string of the molecule is O=C(Cc1ccc(F)cc1)Nc1cc(-c2[nH]c3c(c2Nc2ccccc2)C(=O)NC2(CC2)C3)ccn1. The first-order valence-electron chi connectivity index (χ1n) is 11.9. The van der Waals surface area contributed by atoms with Crippen LogP contribution < -0.4 is 16.0 Å². The van der Waals surface area contributed by atoms with Gasteiger partial charge in [0.1, 0.15) is 11.6 Å². The molecule has 2 aliphatic rings. The van der Waals surface area contributed by atoms with Crippen LogP contribution in [-0.2, 0) is 17.6 Å². The fourth-order valence-electron chi connectivity index (χ4n) is 4.71. The number of aromatic nitrogens is 2. The molecular formula is C28H24FN5O2. The first-order valence-corrected chi connectivity index (χ1v) is 11.9. The van der Waals surface area contributed by atoms with Gasteiger partial charge in [-0.25, -0.2) is 9.37 Å². The van der Waals surface area contributed by atoms with Gasteiger partial charge < -0.3 is 20.9 Å². The van der Waals surface area contributed by atoms with Crippen molar-refractivity contribution in [3.63, 3.8) is 0 Å². The van der Waals surface area contributed by atoms with Gasteiger partial charge in [-0.1, -0.05) is 30.3 Å². The van der Waals surface area contributed by atoms with Gasteiger partial charge in [-0.05, 0) is 54.8 Å². The number of fused-ring (bicyclic) bond motifs is 1. The molecule has 3 heterocycles. The maximum atomic E-state index is 13.2. The van der Waals surface area contributed by atoms with E-state index in [9.17, 15) is 14.0 Å². The van der Waals surface area contributed by atoms with E-state index < -0.39 is 0 Å². The maximum Gasteiger partial charge on any atom is 0.255 e. The highest BCUT2D eigenvalue weighted by molar-refractivity contribution is 6.07. The molecule has 7 nitrogen and oxygen atoms in total. The summed E-state index contributed by atoms with van der Waals surface area (Å²) in [6, 6.07) is 19.1. The molecular weight excluding hydrogens is 457 g/mol. The number of nitrogens with one attached hydrogen (secondary N) is 4. The van der Waals surface area contributed by atoms with Gasteiger partial charge in [0.2, 0.25) is 5.91 Å². The summed E-state index contributed by atoms with van der Waals surface area (Å²) in [4.78, 5) is 33.5. The largest absolute Gasteiger partial charge is 0.356 e. The van der Waals surface area contributed by atoms with Crippen molar-refractivity contribution in [1.82, 2.24) is 15.3 Å². The van der Waals surface area contributed by atoms with E-state index in [-0.39, 0.29) is 29.6 Å². The first kappa shape index (κ1) is 22.0. The zero-order valence-electron chi connectivity index (χ0n) is 19.4. The van der Waals surface area contributed by atoms with Gasteiger partial charge in [0.15, 0.2) is 0 Å². The molecule has 0 bridgehead atoms. The van der Waals surface area contributed by atoms with E-state index in [4.69, 9.17) is 0 Å². The molecule has 2 amide bonds. The summed E-state index contributed by atoms with van der Waals surface area (Å²) < 4.78 is 13.2. The number of hydrogen-bond donors (Lipinski definition) is 4. The molecule has 4 N–H and O–H groups in total. The third-order valence-corrected chi connectivity index (χ3v) is 6.69. The third-order valence-electron chi connectivity index (χ3n) is 6.69. The van der Waals surface area contributed by atoms with E-state index in [1.807, 2.05) is 36.4 Å². The van der Waals surface area contributed by atoms with E-state index in [2.05, 4.69) is 25.9 Å². The number of para-hydroxylation sites is 1. The highest BCUT2D eigenvalue weighted by Gasteiger charge is 2.49. The molecule has 1 aliphatic carbocycles. The number of carbonyl (C=O) groups excluding carboxylic acids is 2. The molecule has 2 aromatic heterocycles. The molecule has 4 aromatic rings. The van der Waals surface area contributed by atoms with Gasteiger partial charge >= 0.3 is 0 Å². The number of nitrogens with zero attached hydrogens (tertiary/aromatic N) is 1. The Labute approximate surface area is 207 Å². The van der Waals surface area contributed by atoms with Crippen molar-refractivity contribution in [3.8, 4) is 11.3 Å². The molecule has 0 unspecified atom stereocenters. The van der Waals surface area contributed by atoms with Crippen molar-refractivity contribution in [2.24, 2.45) is 0 Å². The Hall–Kier alpha value is -4.46. The molecule has 0 radical (unpaired) electrons. The molecule has 0 atom stereocenters. The van der Waals surface area contributed by atoms with Crippen molar-refractivity contribution in [2.75, 3.05) is 10.6 Å². The van der Waals surface area contributed by atoms with Crippen LogP contribution in [0.15, 0.2) is 72.9 Å². The second kappa shape index (κ2) is 8.64. The van der Waals surface area contributed by atoms with Crippen molar-refractivity contribution in [1.29, 1.82) is 0 Å². The van der Waals surface area contributed by atoms with Crippen molar-refractivity contribution >= 4 is 29.0 Å². The number of hydrogen-bond acceptors (Lipinski definition) is 4. The average Bonchev–Trinajstić information content (AvgIpc) is 3.50. The monoisotopic (exact) mass is 481 g/mol. The summed E-state index contributed by atoms with van der Waals surface area (Å²) in [7, 11) is 0. The number of benzene rings is 2. The minimum Gasteiger partial charge on any atom is -0.356 e. The van der Waals surface area contributed by atoms with Crippen LogP contribution in [-0.4, -0.2) is 27.3 Å². The van der Waals surface area contributed by atoms with Gasteiger partial charge in [0.25, 0.3) is 5.91 Å². The normalized spacial score (nSPS) is 15.2. The topological polar surface area (TPSA) is 98.9 Å². The summed E-state index contributed by atoms with van der Waals surface area (Å²) in [5.74, 6) is -0.296. The van der Waals surface area contributed by atoms with E-state index in [0.717, 1.165) is 41.9 Å². The van der Waals surface area contributed by atoms with Crippen LogP contribution >= 0.6 is 0 Å². The Kier molecular flexibility index (Phi) is 5.29. The van der Waals surface area contributed by atoms with Gasteiger partial charge in [0, 0.05) is 35.1 Å². The number of amides is 2. The van der Waals surface area contributed by atoms with Crippen LogP contribution in [0.1, 0.15) is 34.5 Å². The molecule has 180 valence electrons. The summed E-state index contributed by atoms with van der Waals surface area (Å²) in [5, 5.41) is 9.43. The average molecular weight is 482 g/mol. The molecule has 8 heteroatoms. The third kappa shape index (κ3) is 4.33. The summed E-state index contributed by atoms with van der Waals surface area (Å²) >= 11 is 0. The lowest BCUT2D eigenvalue weighted by molar-refractivity contribution is -0.115. The van der Waals surface area contributed by atoms with Crippen LogP contribution in [0.5, 0.6) is 0 Å². The van der Waals surface area contributed by atoms with Gasteiger partial charge in [-0.3, -0.25) is 9.59 Å². The molecule has 6 rings (SSSR count). The van der Waals surface area contributed by atoms with Crippen molar-refractivity contribution in [2.45, 2.75) is 31.2 Å². The Morgan fingerprint density at radius 2 is 1.83 bits per heavy atom. The second-order valence-corrected chi connectivity index (χ2v) is 9.41. The molecule has 1 fully saturated rings. The Morgan fingerprint density at radius 1 is 1.06 bits per heavy atom. The molecule has 2 aromatic carbocycles. The molecule has 36 heavy (non-hydrogen) atoms. The first-order chi connectivity index (χ1) is 17.5. The molecule has 0 saturated heterocycles. The van der Waals surface area contributed by atoms with Crippen LogP contribution in [0.2, 0.25) is 0 Å². The van der Waals surface area contributed by atoms with Gasteiger partial charge in [-0.2, -0.15) is 0 Å². The van der Waals surface area contributed by atoms with Crippen LogP contribution in [0.4, 0.5) is 21.6 Å². The number of halogens is 1. The predicted molar refractivity (Wildman–Crippen MR) is 136 cm³/mol. The van der Waals surface area contributed by atoms with Gasteiger partial charge in [0.05, 0.1) is 23.4 Å². The van der Waals surface area contributed by atoms with E-state index in [0.29, 0.717) is 22.6 Å². The second-order valence-electron chi connectivity index (χ2n) is 9.41. The lowest BCUT2D eigenvalue weighted by atomic mass is 9.99. The van der Waals surface area contributed by atoms with Crippen LogP contribution in [0.3, 0.4) is 0 Å². The number of pyridine rings is 1. The minimum absolute atomic E-state index is 0.0865. The van der Waals surface area contributed by atoms with E-state index in [1.165, 1.54) is 12.1 Å². The van der Waals surface area contributed by atoms with E-state index in [1.54, 1.807) is 24.4 Å². The number of aromatic amines is 1. The van der Waals surface area contributed by atoms with Crippen LogP contribution in [0.25, 0.3) is 11.3 Å². The highest BCUT2D eigenvalue weighted by atomic mass is 19.1. The van der Waals surface area contributed by atoms with Crippen LogP contribution in [0, 0.1) is 5.82 Å². The molecule has 1 saturated carbocycles. The van der Waals surface area contributed by atoms with E-state index >= 15 is 0 Å². The fourth-order valence-corrected chi connectivity index (χ4v) is 4.71. The Morgan fingerprint density at radius 3 is 2.58 bits per heavy atom. The zero-order valence-corrected chi connectivity index (χ0v) is 19.4. The minimum atomic E-state index is -0.344. The zero-order chi connectivity index (χ0) is 24.7. The van der Waals surface area contributed by atoms with Gasteiger partial charge in [-0.15, -0.1) is 0 Å². The number of H-pyrrole nitrogens is 1. The fraction of sp³-hybridized carbons (Fsp3) is 0.179. The highest BCUT2D eigenvalue weighted by Crippen LogP contribution is 2.46. The lowest BCUT2D eigenvalue weighted by Gasteiger charge is -2.23. The predicted octanol–water partition coefficient (Wildman–Crippen LogP) is 4.96. The quantitative estimate of drug-likeness (QED) is 0.313. The summed E-state index contributed by atoms with van der Waals surface area (Å²) in [6.07, 6.45) is 4.44. The lowest BCUT2D eigenvalue weighted by Crippen LogP contribution is -2.43. The van der Waals surface area contributed by atoms with Crippen molar-refractivity contribution < 1.29 is 14.0 Å². The molecule has 1 aliphatic heterocycles.